The molecule has 1 heterocycles. The van der Waals surface area contributed by atoms with Crippen LogP contribution < -0.4 is 14.6 Å². The first kappa shape index (κ1) is 14.3. The fourth-order valence-corrected chi connectivity index (χ4v) is 1.80. The normalized spacial score (nSPS) is 11.9. The molecule has 0 bridgehead atoms. The van der Waals surface area contributed by atoms with E-state index in [0.29, 0.717) is 6.54 Å². The Kier molecular flexibility index (Phi) is 5.32. The fourth-order valence-electron chi connectivity index (χ4n) is 1.80. The van der Waals surface area contributed by atoms with Crippen LogP contribution in [0.5, 0.6) is 5.75 Å². The molecule has 2 aromatic rings. The number of benzene rings is 1. The van der Waals surface area contributed by atoms with E-state index >= 15 is 0 Å². The lowest BCUT2D eigenvalue weighted by Gasteiger charge is -2.16. The van der Waals surface area contributed by atoms with Crippen molar-refractivity contribution in [1.82, 2.24) is 4.98 Å². The zero-order chi connectivity index (χ0) is 14.2. The van der Waals surface area contributed by atoms with Crippen LogP contribution in [0.25, 0.3) is 0 Å². The second-order valence-electron chi connectivity index (χ2n) is 4.21. The van der Waals surface area contributed by atoms with E-state index in [1.54, 1.807) is 13.3 Å². The summed E-state index contributed by atoms with van der Waals surface area (Å²) in [4.78, 5) is 4.30. The van der Waals surface area contributed by atoms with Gasteiger partial charge in [0, 0.05) is 13.2 Å². The summed E-state index contributed by atoms with van der Waals surface area (Å²) in [6.45, 7) is 3.44. The predicted octanol–water partition coefficient (Wildman–Crippen LogP) is 1.85. The summed E-state index contributed by atoms with van der Waals surface area (Å²) in [7, 11) is 1.63. The highest BCUT2D eigenvalue weighted by atomic mass is 16.7. The van der Waals surface area contributed by atoms with Gasteiger partial charge >= 0.3 is 5.95 Å². The van der Waals surface area contributed by atoms with Crippen LogP contribution in [-0.4, -0.2) is 24.9 Å². The summed E-state index contributed by atoms with van der Waals surface area (Å²) in [5, 5.41) is 3.24. The van der Waals surface area contributed by atoms with Crippen molar-refractivity contribution in [2.24, 2.45) is 0 Å². The van der Waals surface area contributed by atoms with Gasteiger partial charge in [-0.3, -0.25) is 5.32 Å². The van der Waals surface area contributed by atoms with Gasteiger partial charge in [-0.2, -0.15) is 0 Å². The molecular weight excluding hydrogens is 254 g/mol. The van der Waals surface area contributed by atoms with E-state index in [1.165, 1.54) is 0 Å². The summed E-state index contributed by atoms with van der Waals surface area (Å²) in [6, 6.07) is 11.5. The maximum absolute atomic E-state index is 5.74. The van der Waals surface area contributed by atoms with E-state index in [2.05, 4.69) is 17.2 Å². The number of nitrogens with zero attached hydrogens (tertiary/aromatic N) is 2. The lowest BCUT2D eigenvalue weighted by atomic mass is 10.3. The maximum atomic E-state index is 5.74. The van der Waals surface area contributed by atoms with Crippen LogP contribution in [0.15, 0.2) is 48.8 Å². The minimum absolute atomic E-state index is 0.371. The third-order valence-electron chi connectivity index (χ3n) is 2.86. The highest BCUT2D eigenvalue weighted by molar-refractivity contribution is 5.21. The molecule has 1 unspecified atom stereocenters. The fraction of sp³-hybridized carbons (Fsp3) is 0.333. The first-order chi connectivity index (χ1) is 9.83. The topological polar surface area (TPSA) is 47.3 Å². The number of aromatic nitrogens is 2. The number of hydrogen-bond acceptors (Lipinski definition) is 4. The molecule has 20 heavy (non-hydrogen) atoms. The summed E-state index contributed by atoms with van der Waals surface area (Å²) in [5.41, 5.74) is 0. The molecule has 0 aliphatic carbocycles. The Morgan fingerprint density at radius 3 is 2.75 bits per heavy atom. The molecule has 0 saturated heterocycles. The van der Waals surface area contributed by atoms with Gasteiger partial charge in [-0.05, 0) is 19.1 Å². The van der Waals surface area contributed by atoms with Crippen molar-refractivity contribution in [1.29, 1.82) is 0 Å². The molecule has 0 aliphatic rings. The minimum atomic E-state index is -0.371. The second-order valence-corrected chi connectivity index (χ2v) is 4.21. The van der Waals surface area contributed by atoms with Gasteiger partial charge in [-0.15, -0.1) is 0 Å². The van der Waals surface area contributed by atoms with Crippen molar-refractivity contribution in [3.05, 3.63) is 48.8 Å². The summed E-state index contributed by atoms with van der Waals surface area (Å²) in [6.07, 6.45) is 3.37. The van der Waals surface area contributed by atoms with E-state index in [0.717, 1.165) is 18.2 Å². The number of ether oxygens (including phenoxy) is 2. The Hall–Kier alpha value is -2.14. The Morgan fingerprint density at radius 2 is 2.05 bits per heavy atom. The molecule has 1 aromatic carbocycles. The number of nitrogens with one attached hydrogen (secondary N) is 1. The second kappa shape index (κ2) is 7.45. The van der Waals surface area contributed by atoms with Crippen LogP contribution in [-0.2, 0) is 11.3 Å². The van der Waals surface area contributed by atoms with Crippen molar-refractivity contribution in [2.75, 3.05) is 19.0 Å². The summed E-state index contributed by atoms with van der Waals surface area (Å²) >= 11 is 0. The van der Waals surface area contributed by atoms with Gasteiger partial charge in [0.05, 0.1) is 12.7 Å². The van der Waals surface area contributed by atoms with Crippen molar-refractivity contribution in [2.45, 2.75) is 19.8 Å². The first-order valence-electron chi connectivity index (χ1n) is 6.66. The van der Waals surface area contributed by atoms with Gasteiger partial charge in [0.1, 0.15) is 18.5 Å². The van der Waals surface area contributed by atoms with Crippen LogP contribution in [0.2, 0.25) is 0 Å². The Balaban J connectivity index is 1.94. The molecule has 5 nitrogen and oxygen atoms in total. The number of hydrogen-bond donors (Lipinski definition) is 1. The highest BCUT2D eigenvalue weighted by Gasteiger charge is 2.14. The van der Waals surface area contributed by atoms with Crippen LogP contribution in [0.4, 0.5) is 5.95 Å². The van der Waals surface area contributed by atoms with E-state index in [4.69, 9.17) is 9.47 Å². The van der Waals surface area contributed by atoms with Crippen molar-refractivity contribution >= 4 is 5.95 Å². The predicted molar refractivity (Wildman–Crippen MR) is 76.5 cm³/mol. The molecule has 2 rings (SSSR count). The molecule has 106 valence electrons. The van der Waals surface area contributed by atoms with Gasteiger partial charge in [0.2, 0.25) is 6.29 Å². The zero-order valence-corrected chi connectivity index (χ0v) is 11.8. The molecule has 0 fully saturated rings. The standard InChI is InChI=1S/C15H19N3O2/c1-3-18-11-7-10-16-15(18)17-12-14(19-2)20-13-8-5-4-6-9-13/h4-11,14H,3,12H2,1-2H3/p+1. The number of para-hydroxylation sites is 1. The zero-order valence-electron chi connectivity index (χ0n) is 11.8. The van der Waals surface area contributed by atoms with Crippen molar-refractivity contribution in [3.63, 3.8) is 0 Å². The molecule has 0 saturated carbocycles. The van der Waals surface area contributed by atoms with Crippen molar-refractivity contribution in [3.8, 4) is 5.75 Å². The molecular formula is C15H20N3O2+. The molecule has 1 atom stereocenters. The van der Waals surface area contributed by atoms with Crippen LogP contribution in [0.3, 0.4) is 0 Å². The monoisotopic (exact) mass is 274 g/mol. The van der Waals surface area contributed by atoms with E-state index in [-0.39, 0.29) is 6.29 Å². The largest absolute Gasteiger partial charge is 0.461 e. The molecule has 0 aliphatic heterocycles. The first-order valence-corrected chi connectivity index (χ1v) is 6.66. The maximum Gasteiger partial charge on any atom is 0.391 e. The highest BCUT2D eigenvalue weighted by Crippen LogP contribution is 2.11. The van der Waals surface area contributed by atoms with Crippen LogP contribution >= 0.6 is 0 Å². The smallest absolute Gasteiger partial charge is 0.391 e. The summed E-state index contributed by atoms with van der Waals surface area (Å²) in [5.74, 6) is 1.58. The molecule has 0 spiro atoms. The van der Waals surface area contributed by atoms with E-state index < -0.39 is 0 Å². The number of aryl methyl sites for hydroxylation is 1. The summed E-state index contributed by atoms with van der Waals surface area (Å²) < 4.78 is 13.1. The van der Waals surface area contributed by atoms with E-state index in [9.17, 15) is 0 Å². The Morgan fingerprint density at radius 1 is 1.25 bits per heavy atom. The number of methoxy groups -OCH3 is 1. The van der Waals surface area contributed by atoms with Crippen LogP contribution in [0.1, 0.15) is 6.92 Å². The van der Waals surface area contributed by atoms with Crippen LogP contribution in [0, 0.1) is 0 Å². The lowest BCUT2D eigenvalue weighted by molar-refractivity contribution is -0.682. The van der Waals surface area contributed by atoms with Gasteiger partial charge in [-0.25, -0.2) is 4.57 Å². The molecule has 0 radical (unpaired) electrons. The molecule has 0 amide bonds. The average molecular weight is 274 g/mol. The number of anilines is 1. The van der Waals surface area contributed by atoms with Gasteiger partial charge in [0.25, 0.3) is 0 Å². The SMILES string of the molecule is CC[n+]1cccnc1NCC(OC)Oc1ccccc1. The molecule has 1 aromatic heterocycles. The van der Waals surface area contributed by atoms with Gasteiger partial charge < -0.3 is 9.47 Å². The third kappa shape index (κ3) is 3.93. The van der Waals surface area contributed by atoms with Gasteiger partial charge in [-0.1, -0.05) is 23.2 Å². The van der Waals surface area contributed by atoms with E-state index in [1.807, 2.05) is 47.2 Å². The average Bonchev–Trinajstić information content (AvgIpc) is 2.52. The van der Waals surface area contributed by atoms with Crippen molar-refractivity contribution < 1.29 is 14.0 Å². The quantitative estimate of drug-likeness (QED) is 0.618. The van der Waals surface area contributed by atoms with Gasteiger partial charge in [0.15, 0.2) is 0 Å². The Labute approximate surface area is 119 Å². The molecule has 5 heteroatoms. The lowest BCUT2D eigenvalue weighted by Crippen LogP contribution is -2.39. The minimum Gasteiger partial charge on any atom is -0.461 e. The number of rotatable bonds is 7. The third-order valence-corrected chi connectivity index (χ3v) is 2.86. The Bertz CT molecular complexity index is 520. The molecule has 1 N–H and O–H groups in total.